The molecule has 5 nitrogen and oxygen atoms in total. The summed E-state index contributed by atoms with van der Waals surface area (Å²) in [5.74, 6) is -0.701. The Labute approximate surface area is 206 Å². The van der Waals surface area contributed by atoms with E-state index in [1.165, 1.54) is 24.5 Å². The molecule has 2 N–H and O–H groups in total. The second kappa shape index (κ2) is 12.2. The zero-order chi connectivity index (χ0) is 25.4. The van der Waals surface area contributed by atoms with Gasteiger partial charge in [0.05, 0.1) is 17.8 Å². The molecule has 0 unspecified atom stereocenters. The number of thiazole rings is 1. The number of rotatable bonds is 11. The number of aryl methyl sites for hydroxylation is 1. The number of nitrogens with zero attached hydrogens (tertiary/aromatic N) is 3. The lowest BCUT2D eigenvalue weighted by molar-refractivity contribution is -0.138. The normalized spacial score (nSPS) is 11.6. The van der Waals surface area contributed by atoms with E-state index >= 15 is 0 Å². The quantitative estimate of drug-likeness (QED) is 0.226. The number of amides is 1. The molecule has 0 aliphatic rings. The Balaban J connectivity index is 1.93. The first-order chi connectivity index (χ1) is 16.8. The Morgan fingerprint density at radius 1 is 1.11 bits per heavy atom. The maximum absolute atomic E-state index is 14.7. The van der Waals surface area contributed by atoms with Crippen molar-refractivity contribution >= 4 is 28.1 Å². The number of benzene rings is 1. The summed E-state index contributed by atoms with van der Waals surface area (Å²) in [6, 6.07) is 6.94. The number of hydrogen-bond acceptors (Lipinski definition) is 5. The molecule has 0 fully saturated rings. The zero-order valence-electron chi connectivity index (χ0n) is 19.4. The summed E-state index contributed by atoms with van der Waals surface area (Å²) >= 11 is 0.559. The molecular weight excluding hydrogens is 480 g/mol. The van der Waals surface area contributed by atoms with Crippen LogP contribution < -0.4 is 10.6 Å². The van der Waals surface area contributed by atoms with Gasteiger partial charge in [-0.2, -0.15) is 17.6 Å². The maximum atomic E-state index is 14.7. The third-order valence-electron chi connectivity index (χ3n) is 5.58. The number of alkyl halides is 3. The first-order valence-electron chi connectivity index (χ1n) is 11.6. The van der Waals surface area contributed by atoms with Crippen LogP contribution in [0.15, 0.2) is 42.7 Å². The van der Waals surface area contributed by atoms with Crippen molar-refractivity contribution < 1.29 is 22.4 Å². The van der Waals surface area contributed by atoms with Crippen molar-refractivity contribution in [3.8, 4) is 11.3 Å². The highest BCUT2D eigenvalue weighted by Gasteiger charge is 2.35. The number of carbonyl (C=O) groups is 1. The second-order valence-corrected chi connectivity index (χ2v) is 9.08. The van der Waals surface area contributed by atoms with Gasteiger partial charge in [0.25, 0.3) is 0 Å². The zero-order valence-corrected chi connectivity index (χ0v) is 20.3. The number of hydrogen-bond donors (Lipinski definition) is 1. The van der Waals surface area contributed by atoms with Crippen molar-refractivity contribution in [1.82, 2.24) is 9.97 Å². The van der Waals surface area contributed by atoms with Crippen LogP contribution in [0.1, 0.15) is 56.6 Å². The third-order valence-corrected chi connectivity index (χ3v) is 6.41. The van der Waals surface area contributed by atoms with Gasteiger partial charge in [-0.1, -0.05) is 56.4 Å². The topological polar surface area (TPSA) is 72.1 Å². The van der Waals surface area contributed by atoms with E-state index in [9.17, 15) is 22.4 Å². The molecule has 3 aromatic rings. The highest BCUT2D eigenvalue weighted by molar-refractivity contribution is 7.14. The van der Waals surface area contributed by atoms with Gasteiger partial charge >= 0.3 is 6.18 Å². The number of pyridine rings is 1. The summed E-state index contributed by atoms with van der Waals surface area (Å²) in [5, 5.41) is -0.785. The number of carbonyl (C=O) groups excluding carboxylic acids is 1. The van der Waals surface area contributed by atoms with Gasteiger partial charge in [0, 0.05) is 18.0 Å². The predicted molar refractivity (Wildman–Crippen MR) is 130 cm³/mol. The van der Waals surface area contributed by atoms with Gasteiger partial charge in [-0.3, -0.25) is 14.7 Å². The van der Waals surface area contributed by atoms with Crippen LogP contribution in [0.25, 0.3) is 11.3 Å². The molecule has 0 saturated heterocycles. The van der Waals surface area contributed by atoms with E-state index in [0.29, 0.717) is 23.3 Å². The van der Waals surface area contributed by atoms with E-state index in [2.05, 4.69) is 16.9 Å². The average molecular weight is 509 g/mol. The molecule has 35 heavy (non-hydrogen) atoms. The molecule has 2 aromatic heterocycles. The van der Waals surface area contributed by atoms with E-state index in [-0.39, 0.29) is 28.5 Å². The van der Waals surface area contributed by atoms with Crippen molar-refractivity contribution in [3.63, 3.8) is 0 Å². The van der Waals surface area contributed by atoms with Crippen LogP contribution in [0, 0.1) is 5.13 Å². The minimum Gasteiger partial charge on any atom is -0.322 e. The highest BCUT2D eigenvalue weighted by atomic mass is 32.1. The molecule has 0 radical (unpaired) electrons. The molecule has 0 saturated carbocycles. The summed E-state index contributed by atoms with van der Waals surface area (Å²) in [6.45, 7) is 1.62. The summed E-state index contributed by atoms with van der Waals surface area (Å²) < 4.78 is 56.5. The number of unbranched alkanes of at least 4 members (excludes halogenated alkanes) is 5. The fourth-order valence-corrected chi connectivity index (χ4v) is 4.66. The van der Waals surface area contributed by atoms with Crippen LogP contribution in [0.3, 0.4) is 0 Å². The molecule has 2 heterocycles. The van der Waals surface area contributed by atoms with Crippen LogP contribution >= 0.6 is 11.3 Å². The van der Waals surface area contributed by atoms with E-state index in [0.717, 1.165) is 43.1 Å². The standard InChI is InChI=1S/C25H28F4N4OS/c1-2-3-4-5-6-7-9-17-11-12-19(14-20(17)25(27,28)29)33(21(34)15-30)24-32-22(23(26)35-24)18-10-8-13-31-16-18/h8,10-14,16H,2-7,9,15,30H2,1H3. The molecule has 0 bridgehead atoms. The Bertz CT molecular complexity index is 1120. The summed E-state index contributed by atoms with van der Waals surface area (Å²) in [6.07, 6.45) is 4.38. The van der Waals surface area contributed by atoms with Crippen molar-refractivity contribution in [2.45, 2.75) is 58.0 Å². The first-order valence-corrected chi connectivity index (χ1v) is 12.4. The van der Waals surface area contributed by atoms with Gasteiger partial charge in [-0.15, -0.1) is 0 Å². The van der Waals surface area contributed by atoms with E-state index in [1.54, 1.807) is 12.1 Å². The second-order valence-electron chi connectivity index (χ2n) is 8.15. The van der Waals surface area contributed by atoms with Gasteiger partial charge in [-0.25, -0.2) is 4.98 Å². The lowest BCUT2D eigenvalue weighted by Crippen LogP contribution is -2.32. The van der Waals surface area contributed by atoms with Crippen LogP contribution in [0.5, 0.6) is 0 Å². The van der Waals surface area contributed by atoms with Gasteiger partial charge in [-0.05, 0) is 42.7 Å². The Kier molecular flexibility index (Phi) is 9.33. The monoisotopic (exact) mass is 508 g/mol. The maximum Gasteiger partial charge on any atom is 0.416 e. The molecule has 0 spiro atoms. The smallest absolute Gasteiger partial charge is 0.322 e. The molecular formula is C25H28F4N4OS. The largest absolute Gasteiger partial charge is 0.416 e. The molecule has 10 heteroatoms. The number of nitrogens with two attached hydrogens (primary N) is 1. The first kappa shape index (κ1) is 26.7. The Hall–Kier alpha value is -2.85. The molecule has 0 aliphatic heterocycles. The molecule has 3 rings (SSSR count). The van der Waals surface area contributed by atoms with Crippen molar-refractivity contribution in [3.05, 3.63) is 59.0 Å². The van der Waals surface area contributed by atoms with Crippen LogP contribution in [0.4, 0.5) is 28.4 Å². The minimum atomic E-state index is -4.61. The average Bonchev–Trinajstić information content (AvgIpc) is 3.22. The van der Waals surface area contributed by atoms with Crippen molar-refractivity contribution in [2.24, 2.45) is 5.73 Å². The number of halogens is 4. The molecule has 0 atom stereocenters. The lowest BCUT2D eigenvalue weighted by atomic mass is 9.99. The predicted octanol–water partition coefficient (Wildman–Crippen LogP) is 6.89. The SMILES string of the molecule is CCCCCCCCc1ccc(N(C(=O)CN)c2nc(-c3cccnc3)c(F)s2)cc1C(F)(F)F. The van der Waals surface area contributed by atoms with Gasteiger partial charge in [0.15, 0.2) is 5.13 Å². The molecule has 0 aliphatic carbocycles. The van der Waals surface area contributed by atoms with Gasteiger partial charge in [0.1, 0.15) is 5.69 Å². The number of anilines is 2. The van der Waals surface area contributed by atoms with Crippen LogP contribution in [0.2, 0.25) is 0 Å². The summed E-state index contributed by atoms with van der Waals surface area (Å²) in [5.41, 5.74) is 5.17. The van der Waals surface area contributed by atoms with Crippen molar-refractivity contribution in [1.29, 1.82) is 0 Å². The Morgan fingerprint density at radius 2 is 1.86 bits per heavy atom. The van der Waals surface area contributed by atoms with Crippen LogP contribution in [-0.2, 0) is 17.4 Å². The van der Waals surface area contributed by atoms with E-state index < -0.39 is 29.3 Å². The fourth-order valence-electron chi connectivity index (χ4n) is 3.80. The van der Waals surface area contributed by atoms with E-state index in [1.807, 2.05) is 0 Å². The minimum absolute atomic E-state index is 0.0383. The summed E-state index contributed by atoms with van der Waals surface area (Å²) in [4.78, 5) is 21.7. The summed E-state index contributed by atoms with van der Waals surface area (Å²) in [7, 11) is 0. The fraction of sp³-hybridized carbons (Fsp3) is 0.400. The molecule has 1 aromatic carbocycles. The van der Waals surface area contributed by atoms with Gasteiger partial charge < -0.3 is 5.73 Å². The highest BCUT2D eigenvalue weighted by Crippen LogP contribution is 2.39. The lowest BCUT2D eigenvalue weighted by Gasteiger charge is -2.22. The van der Waals surface area contributed by atoms with Gasteiger partial charge in [0.2, 0.25) is 11.0 Å². The number of aromatic nitrogens is 2. The molecule has 188 valence electrons. The van der Waals surface area contributed by atoms with Crippen LogP contribution in [-0.4, -0.2) is 22.4 Å². The van der Waals surface area contributed by atoms with E-state index in [4.69, 9.17) is 5.73 Å². The molecule has 1 amide bonds. The van der Waals surface area contributed by atoms with Crippen molar-refractivity contribution in [2.75, 3.05) is 11.4 Å². The Morgan fingerprint density at radius 3 is 2.51 bits per heavy atom. The third kappa shape index (κ3) is 6.85.